The summed E-state index contributed by atoms with van der Waals surface area (Å²) in [5.74, 6) is -0.184. The van der Waals surface area contributed by atoms with Crippen molar-refractivity contribution in [3.05, 3.63) is 11.6 Å². The predicted octanol–water partition coefficient (Wildman–Crippen LogP) is -5.99. The molecular formula is C57H90O29. The Hall–Kier alpha value is -1.71. The molecule has 3 saturated carbocycles. The SMILES string of the molecule is CC1CCC2(OC1)OC1CC3C4CCC5CC(OC6OC(CO)C(OC7OC(CO)C(O)C(OC8OC(CO)C(OC9OC(C)C(O)C(O)C9O)C(O)C8O)C7OC7OC(CO)C(O)C(O)C7O)C(O)C6O)C(O)CC5(C)C4=CC(=O)C3(C)C1C2C. The molecule has 37 atom stereocenters. The number of carbonyl (C=O) groups is 1. The van der Waals surface area contributed by atoms with E-state index in [4.69, 9.17) is 56.8 Å². The van der Waals surface area contributed by atoms with Crippen LogP contribution in [-0.2, 0) is 61.6 Å². The molecule has 0 aromatic heterocycles. The van der Waals surface area contributed by atoms with Crippen LogP contribution in [0.2, 0.25) is 0 Å². The van der Waals surface area contributed by atoms with Gasteiger partial charge in [-0.15, -0.1) is 0 Å². The van der Waals surface area contributed by atoms with Gasteiger partial charge in [-0.3, -0.25) is 4.79 Å². The molecule has 7 saturated heterocycles. The van der Waals surface area contributed by atoms with Crippen LogP contribution in [0.15, 0.2) is 11.6 Å². The van der Waals surface area contributed by atoms with Crippen molar-refractivity contribution in [1.82, 2.24) is 0 Å². The van der Waals surface area contributed by atoms with Crippen molar-refractivity contribution in [3.63, 3.8) is 0 Å². The minimum Gasteiger partial charge on any atom is -0.394 e. The highest BCUT2D eigenvalue weighted by Crippen LogP contribution is 2.69. The third kappa shape index (κ3) is 11.1. The Kier molecular flexibility index (Phi) is 19.4. The summed E-state index contributed by atoms with van der Waals surface area (Å²) in [6.07, 6.45) is -42.6. The summed E-state index contributed by atoms with van der Waals surface area (Å²) < 4.78 is 72.8. The highest BCUT2D eigenvalue weighted by atomic mass is 16.8. The van der Waals surface area contributed by atoms with E-state index in [0.29, 0.717) is 12.5 Å². The highest BCUT2D eigenvalue weighted by molar-refractivity contribution is 5.97. The summed E-state index contributed by atoms with van der Waals surface area (Å²) in [7, 11) is 0. The lowest BCUT2D eigenvalue weighted by atomic mass is 9.47. The normalized spacial score (nSPS) is 56.6. The van der Waals surface area contributed by atoms with Crippen molar-refractivity contribution >= 4 is 5.78 Å². The van der Waals surface area contributed by atoms with Gasteiger partial charge in [0.15, 0.2) is 43.0 Å². The van der Waals surface area contributed by atoms with Gasteiger partial charge in [0.25, 0.3) is 0 Å². The van der Waals surface area contributed by atoms with Crippen molar-refractivity contribution < 1.29 is 143 Å². The van der Waals surface area contributed by atoms with E-state index in [1.165, 1.54) is 6.92 Å². The molecule has 86 heavy (non-hydrogen) atoms. The molecule has 29 heteroatoms. The zero-order chi connectivity index (χ0) is 62.0. The van der Waals surface area contributed by atoms with Gasteiger partial charge in [-0.2, -0.15) is 0 Å². The fourth-order valence-corrected chi connectivity index (χ4v) is 16.7. The zero-order valence-corrected chi connectivity index (χ0v) is 48.7. The summed E-state index contributed by atoms with van der Waals surface area (Å²) >= 11 is 0. The first kappa shape index (κ1) is 65.8. The van der Waals surface area contributed by atoms with Crippen LogP contribution >= 0.6 is 0 Å². The quantitative estimate of drug-likeness (QED) is 0.0720. The number of aliphatic hydroxyl groups is 16. The molecule has 0 amide bonds. The molecule has 11 rings (SSSR count). The molecular weight excluding hydrogens is 1150 g/mol. The van der Waals surface area contributed by atoms with Crippen LogP contribution in [0.3, 0.4) is 0 Å². The average molecular weight is 1240 g/mol. The van der Waals surface area contributed by atoms with E-state index in [2.05, 4.69) is 27.7 Å². The molecule has 16 N–H and O–H groups in total. The largest absolute Gasteiger partial charge is 0.394 e. The first-order chi connectivity index (χ1) is 40.7. The van der Waals surface area contributed by atoms with E-state index in [0.717, 1.165) is 37.7 Å². The highest BCUT2D eigenvalue weighted by Gasteiger charge is 2.71. The second kappa shape index (κ2) is 25.3. The van der Waals surface area contributed by atoms with Gasteiger partial charge < -0.3 is 139 Å². The van der Waals surface area contributed by atoms with E-state index >= 15 is 0 Å². The van der Waals surface area contributed by atoms with Crippen LogP contribution in [0.4, 0.5) is 0 Å². The summed E-state index contributed by atoms with van der Waals surface area (Å²) in [4.78, 5) is 14.7. The molecule has 7 heterocycles. The Bertz CT molecular complexity index is 2360. The fraction of sp³-hybridized carbons (Fsp3) is 0.947. The number of hydrogen-bond acceptors (Lipinski definition) is 29. The van der Waals surface area contributed by atoms with Gasteiger partial charge in [0, 0.05) is 23.7 Å². The minimum absolute atomic E-state index is 0.0136. The number of rotatable bonds is 14. The van der Waals surface area contributed by atoms with Gasteiger partial charge >= 0.3 is 0 Å². The van der Waals surface area contributed by atoms with Gasteiger partial charge in [-0.05, 0) is 80.6 Å². The molecule has 37 unspecified atom stereocenters. The third-order valence-electron chi connectivity index (χ3n) is 21.8. The summed E-state index contributed by atoms with van der Waals surface area (Å²) in [5.41, 5.74) is -0.254. The predicted molar refractivity (Wildman–Crippen MR) is 281 cm³/mol. The van der Waals surface area contributed by atoms with Crippen LogP contribution in [0.5, 0.6) is 0 Å². The van der Waals surface area contributed by atoms with Gasteiger partial charge in [0.1, 0.15) is 116 Å². The van der Waals surface area contributed by atoms with E-state index < -0.39 is 209 Å². The molecule has 29 nitrogen and oxygen atoms in total. The third-order valence-corrected chi connectivity index (χ3v) is 21.8. The monoisotopic (exact) mass is 1240 g/mol. The van der Waals surface area contributed by atoms with E-state index in [9.17, 15) is 86.5 Å². The minimum atomic E-state index is -2.19. The van der Waals surface area contributed by atoms with E-state index in [-0.39, 0.29) is 54.3 Å². The molecule has 1 spiro atoms. The van der Waals surface area contributed by atoms with E-state index in [1.54, 1.807) is 0 Å². The second-order valence-corrected chi connectivity index (χ2v) is 26.7. The van der Waals surface area contributed by atoms with Crippen molar-refractivity contribution in [3.8, 4) is 0 Å². The molecule has 4 aliphatic carbocycles. The van der Waals surface area contributed by atoms with Crippen LogP contribution in [0.25, 0.3) is 0 Å². The zero-order valence-electron chi connectivity index (χ0n) is 48.7. The van der Waals surface area contributed by atoms with Crippen LogP contribution in [0, 0.1) is 46.3 Å². The van der Waals surface area contributed by atoms with E-state index in [1.807, 2.05) is 6.08 Å². The Morgan fingerprint density at radius 1 is 0.535 bits per heavy atom. The van der Waals surface area contributed by atoms with Crippen molar-refractivity contribution in [1.29, 1.82) is 0 Å². The molecule has 0 aromatic rings. The maximum Gasteiger partial charge on any atom is 0.187 e. The smallest absolute Gasteiger partial charge is 0.187 e. The first-order valence-corrected chi connectivity index (χ1v) is 30.5. The van der Waals surface area contributed by atoms with Crippen LogP contribution in [-0.4, -0.2) is 298 Å². The Morgan fingerprint density at radius 2 is 1.05 bits per heavy atom. The number of fused-ring (bicyclic) bond motifs is 7. The number of ether oxygens (including phenoxy) is 12. The molecule has 0 radical (unpaired) electrons. The fourth-order valence-electron chi connectivity index (χ4n) is 16.7. The lowest BCUT2D eigenvalue weighted by Crippen LogP contribution is -2.69. The Morgan fingerprint density at radius 3 is 1.64 bits per heavy atom. The van der Waals surface area contributed by atoms with Gasteiger partial charge in [-0.25, -0.2) is 0 Å². The standard InChI is InChI=1S/C57H90O29/c1-19-8-9-57(75-18-19)20(2)34-28(86-57)11-25-23-7-6-22-10-27(26(62)13-55(22,4)24(23)12-33(63)56(25,34)5)77-51-44(73)40(69)47(32(17-61)80-51)83-54-49(85-52-43(72)39(68)36(65)29(14-58)78-52)48(37(66)30(15-59)79-54)84-53-45(74)41(70)46(31(16-60)81-53)82-50-42(71)38(67)35(64)21(3)76-50/h12,19-23,25-32,34-54,58-62,64-74H,6-11,13-18H2,1-5H3. The lowest BCUT2D eigenvalue weighted by molar-refractivity contribution is -0.410. The molecule has 0 bridgehead atoms. The molecule has 10 fully saturated rings. The number of carbonyl (C=O) groups excluding carboxylic acids is 1. The first-order valence-electron chi connectivity index (χ1n) is 30.5. The van der Waals surface area contributed by atoms with Crippen molar-refractivity contribution in [2.24, 2.45) is 46.3 Å². The Balaban J connectivity index is 0.796. The number of ketones is 1. The van der Waals surface area contributed by atoms with Gasteiger partial charge in [0.05, 0.1) is 57.5 Å². The molecule has 492 valence electrons. The maximum absolute atomic E-state index is 14.7. The van der Waals surface area contributed by atoms with Crippen LogP contribution in [0.1, 0.15) is 79.6 Å². The van der Waals surface area contributed by atoms with Crippen molar-refractivity contribution in [2.45, 2.75) is 257 Å². The molecule has 11 aliphatic rings. The molecule has 7 aliphatic heterocycles. The number of aliphatic hydroxyl groups excluding tert-OH is 16. The second-order valence-electron chi connectivity index (χ2n) is 26.7. The number of hydrogen-bond donors (Lipinski definition) is 16. The van der Waals surface area contributed by atoms with Gasteiger partial charge in [0.2, 0.25) is 0 Å². The summed E-state index contributed by atoms with van der Waals surface area (Å²) in [5, 5.41) is 176. The lowest BCUT2D eigenvalue weighted by Gasteiger charge is -2.57. The Labute approximate surface area is 496 Å². The summed E-state index contributed by atoms with van der Waals surface area (Å²) in [6.45, 7) is 6.64. The number of allylic oxidation sites excluding steroid dienone is 2. The van der Waals surface area contributed by atoms with Crippen molar-refractivity contribution in [2.75, 3.05) is 33.0 Å². The average Bonchev–Trinajstić information content (AvgIpc) is 1.48. The topological polar surface area (TPSA) is 452 Å². The summed E-state index contributed by atoms with van der Waals surface area (Å²) in [6, 6.07) is 0. The maximum atomic E-state index is 14.7. The van der Waals surface area contributed by atoms with Gasteiger partial charge in [-0.1, -0.05) is 33.3 Å². The van der Waals surface area contributed by atoms with Crippen LogP contribution < -0.4 is 0 Å². The molecule has 0 aromatic carbocycles.